The third-order valence-corrected chi connectivity index (χ3v) is 4.73. The van der Waals surface area contributed by atoms with Crippen molar-refractivity contribution in [1.29, 1.82) is 0 Å². The van der Waals surface area contributed by atoms with Gasteiger partial charge < -0.3 is 10.6 Å². The lowest BCUT2D eigenvalue weighted by molar-refractivity contribution is -0.512. The second-order valence-corrected chi connectivity index (χ2v) is 7.66. The van der Waals surface area contributed by atoms with Gasteiger partial charge in [-0.15, -0.1) is 4.70 Å². The number of amidine groups is 1. The van der Waals surface area contributed by atoms with Crippen molar-refractivity contribution in [3.8, 4) is 0 Å². The van der Waals surface area contributed by atoms with E-state index in [1.165, 1.54) is 6.26 Å². The molecule has 0 fully saturated rings. The summed E-state index contributed by atoms with van der Waals surface area (Å²) in [4.78, 5) is 4.86. The van der Waals surface area contributed by atoms with Gasteiger partial charge in [0.05, 0.1) is 29.3 Å². The monoisotopic (exact) mass is 345 g/mol. The fraction of sp³-hybridized carbons (Fsp3) is 0.250. The van der Waals surface area contributed by atoms with Crippen LogP contribution >= 0.6 is 0 Å². The smallest absolute Gasteiger partial charge is 0.270 e. The average molecular weight is 345 g/mol. The van der Waals surface area contributed by atoms with Crippen molar-refractivity contribution in [3.63, 3.8) is 0 Å². The Morgan fingerprint density at radius 1 is 1.29 bits per heavy atom. The number of likely N-dealkylation sites (N-methyl/N-ethyl adjacent to an activating group) is 1. The van der Waals surface area contributed by atoms with E-state index in [-0.39, 0.29) is 0 Å². The van der Waals surface area contributed by atoms with Gasteiger partial charge in [-0.2, -0.15) is 0 Å². The molecule has 3 rings (SSSR count). The molecule has 0 spiro atoms. The van der Waals surface area contributed by atoms with E-state index >= 15 is 0 Å². The van der Waals surface area contributed by atoms with Gasteiger partial charge in [0.25, 0.3) is 6.54 Å². The molecule has 0 amide bonds. The zero-order valence-electron chi connectivity index (χ0n) is 13.5. The molecule has 2 heterocycles. The molecule has 7 nitrogen and oxygen atoms in total. The molecule has 1 aromatic carbocycles. The summed E-state index contributed by atoms with van der Waals surface area (Å²) in [6.45, 7) is 3.10. The third kappa shape index (κ3) is 3.88. The van der Waals surface area contributed by atoms with Crippen LogP contribution in [0.3, 0.4) is 0 Å². The quantitative estimate of drug-likeness (QED) is 0.801. The standard InChI is InChI=1S/C16H19N5O2S/c1-21-11-12(8-19-21)7-18-16-10-17-9-15(20-16)13-3-5-14(6-4-13)24(2,22)23/h3-6,8-9,11,17H,7,10H2,1-2H3,(H,18,20)/q+1. The van der Waals surface area contributed by atoms with Crippen molar-refractivity contribution in [1.82, 2.24) is 10.6 Å². The van der Waals surface area contributed by atoms with E-state index in [0.29, 0.717) is 18.0 Å². The Morgan fingerprint density at radius 3 is 2.67 bits per heavy atom. The van der Waals surface area contributed by atoms with Crippen LogP contribution in [0.5, 0.6) is 0 Å². The minimum Gasteiger partial charge on any atom is -0.382 e. The lowest BCUT2D eigenvalue weighted by atomic mass is 10.1. The molecule has 125 valence electrons. The Balaban J connectivity index is 1.68. The van der Waals surface area contributed by atoms with E-state index in [0.717, 1.165) is 22.7 Å². The Hall–Kier alpha value is -2.48. The highest BCUT2D eigenvalue weighted by atomic mass is 32.2. The molecule has 1 aromatic rings. The van der Waals surface area contributed by atoms with Gasteiger partial charge in [-0.25, -0.2) is 8.42 Å². The number of azo groups is 2. The van der Waals surface area contributed by atoms with Crippen molar-refractivity contribution in [2.75, 3.05) is 26.4 Å². The number of hydrogen-bond donors (Lipinski definition) is 2. The first kappa shape index (κ1) is 16.4. The van der Waals surface area contributed by atoms with Crippen LogP contribution in [0.4, 0.5) is 0 Å². The predicted molar refractivity (Wildman–Crippen MR) is 92.0 cm³/mol. The van der Waals surface area contributed by atoms with Crippen LogP contribution in [0.2, 0.25) is 0 Å². The van der Waals surface area contributed by atoms with Crippen LogP contribution in [-0.4, -0.2) is 45.3 Å². The van der Waals surface area contributed by atoms with E-state index in [9.17, 15) is 8.42 Å². The highest BCUT2D eigenvalue weighted by Gasteiger charge is 2.15. The van der Waals surface area contributed by atoms with Gasteiger partial charge in [0.1, 0.15) is 12.0 Å². The molecule has 0 bridgehead atoms. The molecule has 0 saturated heterocycles. The van der Waals surface area contributed by atoms with E-state index in [1.54, 1.807) is 35.2 Å². The Morgan fingerprint density at radius 2 is 2.04 bits per heavy atom. The van der Waals surface area contributed by atoms with Gasteiger partial charge in [0.15, 0.2) is 16.9 Å². The molecule has 1 radical (unpaired) electrons. The minimum atomic E-state index is -3.19. The van der Waals surface area contributed by atoms with Gasteiger partial charge in [0.2, 0.25) is 0 Å². The number of rotatable bonds is 4. The Bertz CT molecular complexity index is 864. The average Bonchev–Trinajstić information content (AvgIpc) is 2.98. The molecule has 2 N–H and O–H groups in total. The number of nitrogens with one attached hydrogen (secondary N) is 2. The summed E-state index contributed by atoms with van der Waals surface area (Å²) in [6, 6.07) is 6.77. The molecule has 0 aliphatic carbocycles. The molecule has 0 unspecified atom stereocenters. The maximum Gasteiger partial charge on any atom is 0.270 e. The molecule has 0 saturated carbocycles. The van der Waals surface area contributed by atoms with Crippen molar-refractivity contribution < 1.29 is 13.1 Å². The fourth-order valence-corrected chi connectivity index (χ4v) is 2.99. The molecule has 24 heavy (non-hydrogen) atoms. The van der Waals surface area contributed by atoms with E-state index in [2.05, 4.69) is 20.7 Å². The Labute approximate surface area is 141 Å². The van der Waals surface area contributed by atoms with Crippen LogP contribution < -0.4 is 10.6 Å². The second kappa shape index (κ2) is 6.56. The van der Waals surface area contributed by atoms with Crippen LogP contribution in [0.1, 0.15) is 5.56 Å². The van der Waals surface area contributed by atoms with Gasteiger partial charge in [-0.1, -0.05) is 12.1 Å². The van der Waals surface area contributed by atoms with E-state index < -0.39 is 9.84 Å². The highest BCUT2D eigenvalue weighted by Crippen LogP contribution is 2.17. The van der Waals surface area contributed by atoms with Gasteiger partial charge in [-0.3, -0.25) is 4.99 Å². The summed E-state index contributed by atoms with van der Waals surface area (Å²) < 4.78 is 24.8. The summed E-state index contributed by atoms with van der Waals surface area (Å²) in [5.74, 6) is 0.823. The topological polar surface area (TPSA) is 85.9 Å². The summed E-state index contributed by atoms with van der Waals surface area (Å²) in [5.41, 5.74) is 2.79. The van der Waals surface area contributed by atoms with E-state index in [1.807, 2.05) is 19.8 Å². The zero-order chi connectivity index (χ0) is 17.2. The lowest BCUT2D eigenvalue weighted by Gasteiger charge is -2.19. The first-order valence-corrected chi connectivity index (χ1v) is 9.33. The van der Waals surface area contributed by atoms with Gasteiger partial charge in [-0.05, 0) is 22.8 Å². The van der Waals surface area contributed by atoms with Crippen LogP contribution in [0, 0.1) is 6.54 Å². The minimum absolute atomic E-state index is 0.307. The number of nitrogens with zero attached hydrogens (tertiary/aromatic N) is 3. The molecule has 2 aliphatic rings. The third-order valence-electron chi connectivity index (χ3n) is 3.60. The second-order valence-electron chi connectivity index (χ2n) is 5.65. The predicted octanol–water partition coefficient (Wildman–Crippen LogP) is 1.13. The first-order valence-electron chi connectivity index (χ1n) is 7.44. The van der Waals surface area contributed by atoms with Gasteiger partial charge >= 0.3 is 0 Å². The molecular weight excluding hydrogens is 326 g/mol. The molecule has 2 aliphatic heterocycles. The van der Waals surface area contributed by atoms with Crippen molar-refractivity contribution in [3.05, 3.63) is 54.3 Å². The fourth-order valence-electron chi connectivity index (χ4n) is 2.36. The molecular formula is C16H19N5O2S+. The van der Waals surface area contributed by atoms with Crippen molar-refractivity contribution >= 4 is 21.4 Å². The van der Waals surface area contributed by atoms with Crippen LogP contribution in [0.15, 0.2) is 57.2 Å². The number of benzene rings is 1. The van der Waals surface area contributed by atoms with Crippen LogP contribution in [0.25, 0.3) is 5.70 Å². The summed E-state index contributed by atoms with van der Waals surface area (Å²) >= 11 is 0. The molecule has 0 aromatic heterocycles. The van der Waals surface area contributed by atoms with Crippen molar-refractivity contribution in [2.24, 2.45) is 10.1 Å². The zero-order valence-corrected chi connectivity index (χ0v) is 14.3. The SMILES string of the molecule is C[N+]1=NC=C(CN=C2CNC=C(c3ccc(S(C)(=O)=O)cc3)N2)[CH]1. The number of sulfone groups is 1. The summed E-state index contributed by atoms with van der Waals surface area (Å²) in [7, 11) is -1.31. The van der Waals surface area contributed by atoms with E-state index in [4.69, 9.17) is 0 Å². The highest BCUT2D eigenvalue weighted by molar-refractivity contribution is 7.90. The molecule has 0 atom stereocenters. The first-order chi connectivity index (χ1) is 11.4. The Kier molecular flexibility index (Phi) is 4.48. The normalized spacial score (nSPS) is 19.2. The summed E-state index contributed by atoms with van der Waals surface area (Å²) in [6.07, 6.45) is 4.85. The summed E-state index contributed by atoms with van der Waals surface area (Å²) in [5, 5.41) is 10.6. The maximum atomic E-state index is 11.5. The maximum absolute atomic E-state index is 11.5. The van der Waals surface area contributed by atoms with Crippen molar-refractivity contribution in [2.45, 2.75) is 4.90 Å². The number of aliphatic imine (C=N–C) groups is 1. The molecule has 8 heteroatoms. The van der Waals surface area contributed by atoms with Gasteiger partial charge in [0, 0.05) is 12.5 Å². The number of hydrogen-bond acceptors (Lipinski definition) is 5. The largest absolute Gasteiger partial charge is 0.382 e. The van der Waals surface area contributed by atoms with Crippen LogP contribution in [-0.2, 0) is 9.84 Å². The lowest BCUT2D eigenvalue weighted by Crippen LogP contribution is -2.36.